The third-order valence-electron chi connectivity index (χ3n) is 4.24. The molecule has 2 heteroatoms. The highest BCUT2D eigenvalue weighted by atomic mass is 16.5. The molecule has 1 saturated carbocycles. The molecule has 104 valence electrons. The van der Waals surface area contributed by atoms with Gasteiger partial charge in [-0.1, -0.05) is 44.2 Å². The Hall–Kier alpha value is -1.31. The van der Waals surface area contributed by atoms with Crippen molar-refractivity contribution in [3.63, 3.8) is 0 Å². The average molecular weight is 260 g/mol. The van der Waals surface area contributed by atoms with E-state index in [0.29, 0.717) is 5.92 Å². The molecule has 0 aliphatic heterocycles. The van der Waals surface area contributed by atoms with Crippen LogP contribution in [0.4, 0.5) is 0 Å². The van der Waals surface area contributed by atoms with E-state index in [0.717, 1.165) is 32.1 Å². The van der Waals surface area contributed by atoms with E-state index in [1.54, 1.807) is 0 Å². The summed E-state index contributed by atoms with van der Waals surface area (Å²) in [4.78, 5) is 11.8. The number of carbonyl (C=O) groups excluding carboxylic acids is 1. The highest BCUT2D eigenvalue weighted by molar-refractivity contribution is 5.72. The molecular weight excluding hydrogens is 236 g/mol. The Morgan fingerprint density at radius 2 is 1.84 bits per heavy atom. The molecule has 1 aliphatic carbocycles. The van der Waals surface area contributed by atoms with Gasteiger partial charge in [-0.3, -0.25) is 4.79 Å². The summed E-state index contributed by atoms with van der Waals surface area (Å²) in [5, 5.41) is 0. The molecule has 0 aromatic heterocycles. The molecule has 2 nitrogen and oxygen atoms in total. The molecule has 0 bridgehead atoms. The lowest BCUT2D eigenvalue weighted by atomic mass is 9.83. The zero-order chi connectivity index (χ0) is 13.7. The molecule has 0 spiro atoms. The minimum absolute atomic E-state index is 0.0225. The van der Waals surface area contributed by atoms with Crippen LogP contribution in [0.1, 0.15) is 57.4 Å². The zero-order valence-electron chi connectivity index (χ0n) is 12.0. The Labute approximate surface area is 116 Å². The Balaban J connectivity index is 1.81. The largest absolute Gasteiger partial charge is 0.462 e. The first-order valence-electron chi connectivity index (χ1n) is 7.46. The number of benzene rings is 1. The second-order valence-corrected chi connectivity index (χ2v) is 5.63. The number of hydrogen-bond acceptors (Lipinski definition) is 2. The van der Waals surface area contributed by atoms with Gasteiger partial charge >= 0.3 is 5.97 Å². The molecule has 1 aliphatic rings. The van der Waals surface area contributed by atoms with Gasteiger partial charge < -0.3 is 4.74 Å². The average Bonchev–Trinajstić information content (AvgIpc) is 2.48. The molecule has 0 amide bonds. The van der Waals surface area contributed by atoms with Crippen LogP contribution in [0.3, 0.4) is 0 Å². The van der Waals surface area contributed by atoms with Crippen molar-refractivity contribution in [3.8, 4) is 0 Å². The summed E-state index contributed by atoms with van der Waals surface area (Å²) in [6.07, 6.45) is 5.26. The highest BCUT2D eigenvalue weighted by Crippen LogP contribution is 2.34. The topological polar surface area (TPSA) is 26.3 Å². The third-order valence-corrected chi connectivity index (χ3v) is 4.24. The van der Waals surface area contributed by atoms with Crippen molar-refractivity contribution in [3.05, 3.63) is 35.9 Å². The number of hydrogen-bond donors (Lipinski definition) is 0. The molecule has 0 radical (unpaired) electrons. The SMILES string of the molecule is CCC(C)C(=O)OC1CCC(c2ccccc2)CC1. The van der Waals surface area contributed by atoms with Crippen molar-refractivity contribution in [2.45, 2.75) is 58.0 Å². The lowest BCUT2D eigenvalue weighted by Gasteiger charge is -2.29. The second kappa shape index (κ2) is 6.74. The van der Waals surface area contributed by atoms with Gasteiger partial charge in [0.05, 0.1) is 5.92 Å². The van der Waals surface area contributed by atoms with E-state index in [-0.39, 0.29) is 18.0 Å². The molecular formula is C17H24O2. The van der Waals surface area contributed by atoms with Gasteiger partial charge in [0.25, 0.3) is 0 Å². The Bertz CT molecular complexity index is 391. The zero-order valence-corrected chi connectivity index (χ0v) is 12.0. The van der Waals surface area contributed by atoms with Crippen LogP contribution in [0.25, 0.3) is 0 Å². The number of ether oxygens (including phenoxy) is 1. The van der Waals surface area contributed by atoms with Crippen LogP contribution >= 0.6 is 0 Å². The van der Waals surface area contributed by atoms with E-state index in [2.05, 4.69) is 30.3 Å². The van der Waals surface area contributed by atoms with Crippen LogP contribution < -0.4 is 0 Å². The lowest BCUT2D eigenvalue weighted by molar-refractivity contribution is -0.155. The summed E-state index contributed by atoms with van der Waals surface area (Å²) in [6, 6.07) is 10.7. The molecule has 1 aromatic carbocycles. The molecule has 0 N–H and O–H groups in total. The highest BCUT2D eigenvalue weighted by Gasteiger charge is 2.25. The van der Waals surface area contributed by atoms with Gasteiger partial charge in [0.1, 0.15) is 6.10 Å². The summed E-state index contributed by atoms with van der Waals surface area (Å²) in [7, 11) is 0. The predicted molar refractivity (Wildman–Crippen MR) is 77.0 cm³/mol. The van der Waals surface area contributed by atoms with Gasteiger partial charge in [-0.2, -0.15) is 0 Å². The number of rotatable bonds is 4. The van der Waals surface area contributed by atoms with Crippen molar-refractivity contribution in [1.29, 1.82) is 0 Å². The first-order valence-corrected chi connectivity index (χ1v) is 7.46. The van der Waals surface area contributed by atoms with Crippen LogP contribution in [0, 0.1) is 5.92 Å². The van der Waals surface area contributed by atoms with Gasteiger partial charge in [0, 0.05) is 0 Å². The minimum Gasteiger partial charge on any atom is -0.462 e. The second-order valence-electron chi connectivity index (χ2n) is 5.63. The Morgan fingerprint density at radius 1 is 1.21 bits per heavy atom. The van der Waals surface area contributed by atoms with Gasteiger partial charge in [-0.25, -0.2) is 0 Å². The van der Waals surface area contributed by atoms with E-state index < -0.39 is 0 Å². The molecule has 19 heavy (non-hydrogen) atoms. The summed E-state index contributed by atoms with van der Waals surface area (Å²) in [6.45, 7) is 3.97. The van der Waals surface area contributed by atoms with E-state index in [1.165, 1.54) is 5.56 Å². The fourth-order valence-corrected chi connectivity index (χ4v) is 2.69. The van der Waals surface area contributed by atoms with Crippen molar-refractivity contribution < 1.29 is 9.53 Å². The standard InChI is InChI=1S/C17H24O2/c1-3-13(2)17(18)19-16-11-9-15(10-12-16)14-7-5-4-6-8-14/h4-8,13,15-16H,3,9-12H2,1-2H3. The molecule has 2 rings (SSSR count). The summed E-state index contributed by atoms with van der Waals surface area (Å²) >= 11 is 0. The van der Waals surface area contributed by atoms with E-state index in [1.807, 2.05) is 13.8 Å². The van der Waals surface area contributed by atoms with E-state index in [4.69, 9.17) is 4.74 Å². The van der Waals surface area contributed by atoms with Crippen molar-refractivity contribution in [1.82, 2.24) is 0 Å². The quantitative estimate of drug-likeness (QED) is 0.754. The van der Waals surface area contributed by atoms with Gasteiger partial charge in [-0.15, -0.1) is 0 Å². The fraction of sp³-hybridized carbons (Fsp3) is 0.588. The van der Waals surface area contributed by atoms with E-state index >= 15 is 0 Å². The smallest absolute Gasteiger partial charge is 0.308 e. The fourth-order valence-electron chi connectivity index (χ4n) is 2.69. The van der Waals surface area contributed by atoms with Crippen LogP contribution in [-0.4, -0.2) is 12.1 Å². The molecule has 1 fully saturated rings. The Morgan fingerprint density at radius 3 is 2.42 bits per heavy atom. The normalized spacial score (nSPS) is 24.7. The monoisotopic (exact) mass is 260 g/mol. The van der Waals surface area contributed by atoms with Crippen LogP contribution in [0.15, 0.2) is 30.3 Å². The van der Waals surface area contributed by atoms with Crippen molar-refractivity contribution in [2.75, 3.05) is 0 Å². The first-order chi connectivity index (χ1) is 9.20. The number of carbonyl (C=O) groups is 1. The lowest BCUT2D eigenvalue weighted by Crippen LogP contribution is -2.26. The maximum Gasteiger partial charge on any atom is 0.308 e. The van der Waals surface area contributed by atoms with Crippen molar-refractivity contribution in [2.24, 2.45) is 5.92 Å². The van der Waals surface area contributed by atoms with Crippen LogP contribution in [0.2, 0.25) is 0 Å². The van der Waals surface area contributed by atoms with E-state index in [9.17, 15) is 4.79 Å². The molecule has 0 heterocycles. The number of esters is 1. The molecule has 1 aromatic rings. The summed E-state index contributed by atoms with van der Waals surface area (Å²) in [5.74, 6) is 0.650. The molecule has 1 unspecified atom stereocenters. The predicted octanol–water partition coefficient (Wildman–Crippen LogP) is 4.30. The van der Waals surface area contributed by atoms with Gasteiger partial charge in [-0.05, 0) is 43.6 Å². The minimum atomic E-state index is -0.0225. The molecule has 1 atom stereocenters. The third kappa shape index (κ3) is 3.82. The van der Waals surface area contributed by atoms with Crippen LogP contribution in [0.5, 0.6) is 0 Å². The van der Waals surface area contributed by atoms with Crippen molar-refractivity contribution >= 4 is 5.97 Å². The Kier molecular flexibility index (Phi) is 5.00. The van der Waals surface area contributed by atoms with Gasteiger partial charge in [0.15, 0.2) is 0 Å². The summed E-state index contributed by atoms with van der Waals surface area (Å²) in [5.41, 5.74) is 1.43. The maximum atomic E-state index is 11.8. The summed E-state index contributed by atoms with van der Waals surface area (Å²) < 4.78 is 5.59. The van der Waals surface area contributed by atoms with Gasteiger partial charge in [0.2, 0.25) is 0 Å². The first kappa shape index (κ1) is 14.1. The maximum absolute atomic E-state index is 11.8. The molecule has 0 saturated heterocycles. The van der Waals surface area contributed by atoms with Crippen LogP contribution in [-0.2, 0) is 9.53 Å².